The molecule has 0 aromatic heterocycles. The van der Waals surface area contributed by atoms with Crippen LogP contribution in [0.3, 0.4) is 0 Å². The van der Waals surface area contributed by atoms with Crippen LogP contribution < -0.4 is 10.6 Å². The number of halogens is 1. The second kappa shape index (κ2) is 9.18. The Hall–Kier alpha value is -2.42. The number of carbonyl (C=O) groups is 2. The molecule has 2 aromatic carbocycles. The van der Waals surface area contributed by atoms with Crippen LogP contribution in [-0.4, -0.2) is 45.2 Å². The Morgan fingerprint density at radius 3 is 2.43 bits per heavy atom. The van der Waals surface area contributed by atoms with E-state index in [1.807, 2.05) is 12.1 Å². The van der Waals surface area contributed by atoms with Crippen molar-refractivity contribution in [1.82, 2.24) is 14.9 Å². The molecule has 0 saturated heterocycles. The molecule has 0 bridgehead atoms. The van der Waals surface area contributed by atoms with Crippen LogP contribution in [0.5, 0.6) is 0 Å². The van der Waals surface area contributed by atoms with Gasteiger partial charge >= 0.3 is 0 Å². The lowest BCUT2D eigenvalue weighted by atomic mass is 10.1. The maximum atomic E-state index is 12.3. The van der Waals surface area contributed by atoms with Crippen LogP contribution in [0.15, 0.2) is 53.4 Å². The van der Waals surface area contributed by atoms with E-state index in [2.05, 4.69) is 10.6 Å². The van der Waals surface area contributed by atoms with E-state index in [0.717, 1.165) is 9.87 Å². The van der Waals surface area contributed by atoms with Crippen molar-refractivity contribution in [3.05, 3.63) is 64.7 Å². The smallest absolute Gasteiger partial charge is 0.251 e. The van der Waals surface area contributed by atoms with Gasteiger partial charge in [0.15, 0.2) is 0 Å². The normalized spacial score (nSPS) is 12.5. The topological polar surface area (TPSA) is 95.6 Å². The van der Waals surface area contributed by atoms with Crippen molar-refractivity contribution in [3.63, 3.8) is 0 Å². The third-order valence-corrected chi connectivity index (χ3v) is 6.19. The van der Waals surface area contributed by atoms with Crippen LogP contribution in [0.25, 0.3) is 0 Å². The monoisotopic (exact) mass is 423 g/mol. The molecule has 28 heavy (non-hydrogen) atoms. The first-order chi connectivity index (χ1) is 13.1. The zero-order valence-corrected chi connectivity index (χ0v) is 17.3. The number of sulfonamides is 1. The number of carbonyl (C=O) groups excluding carboxylic acids is 2. The van der Waals surface area contributed by atoms with Crippen LogP contribution in [0, 0.1) is 0 Å². The first kappa shape index (κ1) is 21.9. The van der Waals surface area contributed by atoms with Crippen molar-refractivity contribution in [3.8, 4) is 0 Å². The van der Waals surface area contributed by atoms with E-state index in [1.165, 1.54) is 38.4 Å². The zero-order chi connectivity index (χ0) is 20.9. The highest BCUT2D eigenvalue weighted by molar-refractivity contribution is 7.89. The third-order valence-electron chi connectivity index (χ3n) is 4.03. The molecule has 0 aliphatic carbocycles. The van der Waals surface area contributed by atoms with Gasteiger partial charge in [-0.15, -0.1) is 0 Å². The van der Waals surface area contributed by atoms with Crippen molar-refractivity contribution in [2.24, 2.45) is 0 Å². The number of hydrogen-bond donors (Lipinski definition) is 2. The molecule has 0 radical (unpaired) electrons. The number of hydrogen-bond acceptors (Lipinski definition) is 4. The zero-order valence-electron chi connectivity index (χ0n) is 15.8. The molecule has 150 valence electrons. The van der Waals surface area contributed by atoms with Gasteiger partial charge in [-0.05, 0) is 36.8 Å². The predicted molar refractivity (Wildman–Crippen MR) is 108 cm³/mol. The van der Waals surface area contributed by atoms with Crippen LogP contribution in [0.2, 0.25) is 5.02 Å². The van der Waals surface area contributed by atoms with Crippen LogP contribution in [0.1, 0.15) is 28.9 Å². The van der Waals surface area contributed by atoms with Gasteiger partial charge in [0.1, 0.15) is 0 Å². The summed E-state index contributed by atoms with van der Waals surface area (Å²) in [5, 5.41) is 5.78. The lowest BCUT2D eigenvalue weighted by Crippen LogP contribution is -2.38. The molecule has 1 unspecified atom stereocenters. The molecule has 2 amide bonds. The van der Waals surface area contributed by atoms with Gasteiger partial charge in [-0.3, -0.25) is 9.59 Å². The number of rotatable bonds is 7. The minimum absolute atomic E-state index is 0.00180. The van der Waals surface area contributed by atoms with Gasteiger partial charge in [-0.25, -0.2) is 12.7 Å². The molecule has 0 spiro atoms. The lowest BCUT2D eigenvalue weighted by molar-refractivity contribution is -0.120. The van der Waals surface area contributed by atoms with Crippen LogP contribution in [-0.2, 0) is 14.8 Å². The summed E-state index contributed by atoms with van der Waals surface area (Å²) in [4.78, 5) is 24.4. The fourth-order valence-corrected chi connectivity index (χ4v) is 3.72. The minimum atomic E-state index is -3.65. The fourth-order valence-electron chi connectivity index (χ4n) is 2.47. The van der Waals surface area contributed by atoms with E-state index in [0.29, 0.717) is 5.02 Å². The molecular weight excluding hydrogens is 402 g/mol. The van der Waals surface area contributed by atoms with Gasteiger partial charge in [0, 0.05) is 24.7 Å². The molecule has 1 atom stereocenters. The second-order valence-electron chi connectivity index (χ2n) is 6.31. The molecule has 7 nitrogen and oxygen atoms in total. The summed E-state index contributed by atoms with van der Waals surface area (Å²) in [6.07, 6.45) is 0. The Bertz CT molecular complexity index is 977. The predicted octanol–water partition coefficient (Wildman–Crippen LogP) is 2.20. The summed E-state index contributed by atoms with van der Waals surface area (Å²) in [6, 6.07) is 12.5. The van der Waals surface area contributed by atoms with Crippen LogP contribution >= 0.6 is 11.6 Å². The molecule has 0 heterocycles. The highest BCUT2D eigenvalue weighted by Crippen LogP contribution is 2.21. The summed E-state index contributed by atoms with van der Waals surface area (Å²) in [5.74, 6) is -0.936. The number of nitrogens with one attached hydrogen (secondary N) is 2. The molecule has 9 heteroatoms. The maximum Gasteiger partial charge on any atom is 0.251 e. The molecule has 2 rings (SSSR count). The highest BCUT2D eigenvalue weighted by atomic mass is 35.5. The molecule has 0 saturated carbocycles. The third kappa shape index (κ3) is 5.31. The molecule has 2 N–H and O–H groups in total. The summed E-state index contributed by atoms with van der Waals surface area (Å²) in [7, 11) is -0.835. The summed E-state index contributed by atoms with van der Waals surface area (Å²) in [5.41, 5.74) is 0.917. The van der Waals surface area contributed by atoms with Crippen molar-refractivity contribution < 1.29 is 18.0 Å². The summed E-state index contributed by atoms with van der Waals surface area (Å²) >= 11 is 6.11. The van der Waals surface area contributed by atoms with Crippen molar-refractivity contribution in [2.45, 2.75) is 17.9 Å². The van der Waals surface area contributed by atoms with Gasteiger partial charge in [-0.1, -0.05) is 35.9 Å². The van der Waals surface area contributed by atoms with Crippen molar-refractivity contribution >= 4 is 33.4 Å². The molecule has 0 fully saturated rings. The Balaban J connectivity index is 1.99. The standard InChI is InChI=1S/C19H22ClN3O4S/c1-13(16-9-4-5-10-17(16)20)22-18(24)12-21-19(25)14-7-6-8-15(11-14)28(26,27)23(2)3/h4-11,13H,12H2,1-3H3,(H,21,25)(H,22,24). The Labute approximate surface area is 169 Å². The minimum Gasteiger partial charge on any atom is -0.348 e. The van der Waals surface area contributed by atoms with Crippen LogP contribution in [0.4, 0.5) is 0 Å². The Kier molecular flexibility index (Phi) is 7.17. The summed E-state index contributed by atoms with van der Waals surface area (Å²) < 4.78 is 25.4. The first-order valence-corrected chi connectivity index (χ1v) is 10.3. The molecule has 0 aliphatic rings. The average Bonchev–Trinajstić information content (AvgIpc) is 2.66. The van der Waals surface area contributed by atoms with E-state index >= 15 is 0 Å². The average molecular weight is 424 g/mol. The largest absolute Gasteiger partial charge is 0.348 e. The fraction of sp³-hybridized carbons (Fsp3) is 0.263. The van der Waals surface area contributed by atoms with E-state index in [-0.39, 0.29) is 23.0 Å². The van der Waals surface area contributed by atoms with E-state index < -0.39 is 21.8 Å². The summed E-state index contributed by atoms with van der Waals surface area (Å²) in [6.45, 7) is 1.54. The molecule has 0 aliphatic heterocycles. The van der Waals surface area contributed by atoms with Gasteiger partial charge < -0.3 is 10.6 Å². The van der Waals surface area contributed by atoms with Crippen molar-refractivity contribution in [2.75, 3.05) is 20.6 Å². The lowest BCUT2D eigenvalue weighted by Gasteiger charge is -2.16. The SMILES string of the molecule is CC(NC(=O)CNC(=O)c1cccc(S(=O)(=O)N(C)C)c1)c1ccccc1Cl. The van der Waals surface area contributed by atoms with Gasteiger partial charge in [0.25, 0.3) is 5.91 Å². The maximum absolute atomic E-state index is 12.3. The number of nitrogens with zero attached hydrogens (tertiary/aromatic N) is 1. The quantitative estimate of drug-likeness (QED) is 0.713. The first-order valence-electron chi connectivity index (χ1n) is 8.47. The van der Waals surface area contributed by atoms with Gasteiger partial charge in [0.2, 0.25) is 15.9 Å². The number of benzene rings is 2. The molecular formula is C19H22ClN3O4S. The van der Waals surface area contributed by atoms with E-state index in [1.54, 1.807) is 19.1 Å². The van der Waals surface area contributed by atoms with Gasteiger partial charge in [-0.2, -0.15) is 0 Å². The Morgan fingerprint density at radius 2 is 1.79 bits per heavy atom. The van der Waals surface area contributed by atoms with E-state index in [9.17, 15) is 18.0 Å². The van der Waals surface area contributed by atoms with E-state index in [4.69, 9.17) is 11.6 Å². The highest BCUT2D eigenvalue weighted by Gasteiger charge is 2.19. The second-order valence-corrected chi connectivity index (χ2v) is 8.87. The van der Waals surface area contributed by atoms with Gasteiger partial charge in [0.05, 0.1) is 17.5 Å². The number of amides is 2. The molecule has 2 aromatic rings. The Morgan fingerprint density at radius 1 is 1.11 bits per heavy atom. The van der Waals surface area contributed by atoms with Crippen molar-refractivity contribution in [1.29, 1.82) is 0 Å².